The molecule has 0 amide bonds. The molecule has 0 aromatic carbocycles. The maximum absolute atomic E-state index is 12.1. The normalized spacial score (nSPS) is 18.1. The molecule has 0 aromatic heterocycles. The Morgan fingerprint density at radius 1 is 1.30 bits per heavy atom. The minimum Gasteiger partial charge on any atom is -0.465 e. The largest absolute Gasteiger partial charge is 0.465 e. The molecule has 0 aromatic rings. The Morgan fingerprint density at radius 2 is 2.00 bits per heavy atom. The van der Waals surface area contributed by atoms with Gasteiger partial charge in [0.15, 0.2) is 0 Å². The predicted molar refractivity (Wildman–Crippen MR) is 82.8 cm³/mol. The highest BCUT2D eigenvalue weighted by atomic mass is 16.5. The maximum Gasteiger partial charge on any atom is 0.326 e. The van der Waals surface area contributed by atoms with Crippen molar-refractivity contribution in [2.24, 2.45) is 0 Å². The van der Waals surface area contributed by atoms with Crippen molar-refractivity contribution in [3.63, 3.8) is 0 Å². The molecular weight excluding hydrogens is 252 g/mol. The lowest BCUT2D eigenvalue weighted by atomic mass is 9.94. The van der Waals surface area contributed by atoms with Gasteiger partial charge in [0.1, 0.15) is 5.54 Å². The lowest BCUT2D eigenvalue weighted by molar-refractivity contribution is -0.150. The van der Waals surface area contributed by atoms with E-state index in [1.54, 1.807) is 0 Å². The number of hydrogen-bond donors (Lipinski definition) is 1. The number of nitrogens with one attached hydrogen (secondary N) is 1. The number of unbranched alkanes of at least 4 members (excludes halogenated alkanes) is 1. The fraction of sp³-hybridized carbons (Fsp3) is 0.938. The molecule has 1 aliphatic carbocycles. The van der Waals surface area contributed by atoms with Gasteiger partial charge < -0.3 is 15.0 Å². The van der Waals surface area contributed by atoms with E-state index < -0.39 is 5.54 Å². The number of ether oxygens (including phenoxy) is 1. The molecule has 20 heavy (non-hydrogen) atoms. The third kappa shape index (κ3) is 5.41. The first-order valence-corrected chi connectivity index (χ1v) is 8.23. The second-order valence-electron chi connectivity index (χ2n) is 5.90. The van der Waals surface area contributed by atoms with Crippen LogP contribution in [0.25, 0.3) is 0 Å². The first kappa shape index (κ1) is 17.4. The average molecular weight is 284 g/mol. The summed E-state index contributed by atoms with van der Waals surface area (Å²) in [7, 11) is 0. The van der Waals surface area contributed by atoms with Gasteiger partial charge in [0, 0.05) is 6.04 Å². The van der Waals surface area contributed by atoms with Gasteiger partial charge >= 0.3 is 5.97 Å². The Labute approximate surface area is 124 Å². The summed E-state index contributed by atoms with van der Waals surface area (Å²) >= 11 is 0. The van der Waals surface area contributed by atoms with Crippen LogP contribution in [0.4, 0.5) is 0 Å². The molecular formula is C16H32N2O2. The Hall–Kier alpha value is -0.610. The van der Waals surface area contributed by atoms with Crippen LogP contribution in [0.5, 0.6) is 0 Å². The smallest absolute Gasteiger partial charge is 0.326 e. The number of esters is 1. The molecule has 1 fully saturated rings. The third-order valence-corrected chi connectivity index (χ3v) is 4.13. The molecule has 4 heteroatoms. The van der Waals surface area contributed by atoms with Gasteiger partial charge in [-0.1, -0.05) is 13.8 Å². The van der Waals surface area contributed by atoms with E-state index in [2.05, 4.69) is 17.1 Å². The Kier molecular flexibility index (Phi) is 7.52. The lowest BCUT2D eigenvalue weighted by Crippen LogP contribution is -2.50. The van der Waals surface area contributed by atoms with Gasteiger partial charge in [0.2, 0.25) is 0 Å². The molecule has 4 nitrogen and oxygen atoms in total. The average Bonchev–Trinajstić information content (AvgIpc) is 3.24. The van der Waals surface area contributed by atoms with E-state index in [0.29, 0.717) is 6.61 Å². The molecule has 1 unspecified atom stereocenters. The van der Waals surface area contributed by atoms with Crippen LogP contribution in [-0.4, -0.2) is 48.7 Å². The van der Waals surface area contributed by atoms with Crippen molar-refractivity contribution in [3.05, 3.63) is 0 Å². The van der Waals surface area contributed by atoms with Gasteiger partial charge in [-0.25, -0.2) is 0 Å². The monoisotopic (exact) mass is 284 g/mol. The van der Waals surface area contributed by atoms with Crippen LogP contribution in [0, 0.1) is 0 Å². The molecule has 1 N–H and O–H groups in total. The van der Waals surface area contributed by atoms with E-state index in [0.717, 1.165) is 44.9 Å². The highest BCUT2D eigenvalue weighted by Gasteiger charge is 2.33. The Balaban J connectivity index is 2.32. The molecule has 0 spiro atoms. The predicted octanol–water partition coefficient (Wildman–Crippen LogP) is 2.57. The molecule has 0 saturated heterocycles. The van der Waals surface area contributed by atoms with Crippen molar-refractivity contribution >= 4 is 5.97 Å². The third-order valence-electron chi connectivity index (χ3n) is 4.13. The number of carbonyl (C=O) groups is 1. The molecule has 0 aliphatic heterocycles. The maximum atomic E-state index is 12.1. The molecule has 1 rings (SSSR count). The lowest BCUT2D eigenvalue weighted by Gasteiger charge is -2.28. The number of hydrogen-bond acceptors (Lipinski definition) is 4. The van der Waals surface area contributed by atoms with Crippen molar-refractivity contribution < 1.29 is 9.53 Å². The standard InChI is InChI=1S/C16H32N2O2/c1-5-17-16(4,15(19)20-7-3)12-8-9-13-18(6-2)14-10-11-14/h14,17H,5-13H2,1-4H3. The first-order valence-electron chi connectivity index (χ1n) is 8.23. The molecule has 1 aliphatic rings. The Morgan fingerprint density at radius 3 is 2.50 bits per heavy atom. The van der Waals surface area contributed by atoms with Crippen LogP contribution in [0.3, 0.4) is 0 Å². The zero-order chi connectivity index (χ0) is 15.0. The van der Waals surface area contributed by atoms with Gasteiger partial charge in [-0.15, -0.1) is 0 Å². The van der Waals surface area contributed by atoms with Crippen molar-refractivity contribution in [3.8, 4) is 0 Å². The highest BCUT2D eigenvalue weighted by molar-refractivity contribution is 5.80. The zero-order valence-corrected chi connectivity index (χ0v) is 13.7. The molecule has 1 saturated carbocycles. The first-order chi connectivity index (χ1) is 9.57. The fourth-order valence-corrected chi connectivity index (χ4v) is 2.78. The van der Waals surface area contributed by atoms with E-state index >= 15 is 0 Å². The van der Waals surface area contributed by atoms with E-state index in [1.165, 1.54) is 12.8 Å². The van der Waals surface area contributed by atoms with Crippen LogP contribution in [-0.2, 0) is 9.53 Å². The van der Waals surface area contributed by atoms with Gasteiger partial charge in [-0.05, 0) is 65.6 Å². The zero-order valence-electron chi connectivity index (χ0n) is 13.7. The topological polar surface area (TPSA) is 41.6 Å². The van der Waals surface area contributed by atoms with E-state index in [-0.39, 0.29) is 5.97 Å². The Bertz CT molecular complexity index is 292. The van der Waals surface area contributed by atoms with Gasteiger partial charge in [0.25, 0.3) is 0 Å². The quantitative estimate of drug-likeness (QED) is 0.468. The molecule has 0 bridgehead atoms. The van der Waals surface area contributed by atoms with E-state index in [9.17, 15) is 4.79 Å². The summed E-state index contributed by atoms with van der Waals surface area (Å²) in [5.74, 6) is -0.114. The van der Waals surface area contributed by atoms with Crippen molar-refractivity contribution in [2.75, 3.05) is 26.2 Å². The molecule has 118 valence electrons. The van der Waals surface area contributed by atoms with E-state index in [1.807, 2.05) is 20.8 Å². The van der Waals surface area contributed by atoms with E-state index in [4.69, 9.17) is 4.74 Å². The second kappa shape index (κ2) is 8.63. The van der Waals surface area contributed by atoms with Crippen LogP contribution < -0.4 is 5.32 Å². The summed E-state index contributed by atoms with van der Waals surface area (Å²) in [6.07, 6.45) is 5.80. The molecule has 0 heterocycles. The summed E-state index contributed by atoms with van der Waals surface area (Å²) in [4.78, 5) is 14.6. The number of rotatable bonds is 11. The molecule has 0 radical (unpaired) electrons. The van der Waals surface area contributed by atoms with Gasteiger partial charge in [-0.2, -0.15) is 0 Å². The summed E-state index contributed by atoms with van der Waals surface area (Å²) < 4.78 is 5.20. The summed E-state index contributed by atoms with van der Waals surface area (Å²) in [5, 5.41) is 3.29. The summed E-state index contributed by atoms with van der Waals surface area (Å²) in [6, 6.07) is 0.838. The van der Waals surface area contributed by atoms with Crippen molar-refractivity contribution in [1.82, 2.24) is 10.2 Å². The van der Waals surface area contributed by atoms with Crippen LogP contribution in [0.1, 0.15) is 59.8 Å². The van der Waals surface area contributed by atoms with Gasteiger partial charge in [-0.3, -0.25) is 4.79 Å². The van der Waals surface area contributed by atoms with Gasteiger partial charge in [0.05, 0.1) is 6.61 Å². The minimum absolute atomic E-state index is 0.114. The van der Waals surface area contributed by atoms with Crippen LogP contribution in [0.2, 0.25) is 0 Å². The summed E-state index contributed by atoms with van der Waals surface area (Å²) in [6.45, 7) is 11.6. The van der Waals surface area contributed by atoms with Crippen molar-refractivity contribution in [2.45, 2.75) is 71.4 Å². The number of nitrogens with zero attached hydrogens (tertiary/aromatic N) is 1. The number of likely N-dealkylation sites (N-methyl/N-ethyl adjacent to an activating group) is 1. The summed E-state index contributed by atoms with van der Waals surface area (Å²) in [5.41, 5.74) is -0.526. The van der Waals surface area contributed by atoms with Crippen LogP contribution in [0.15, 0.2) is 0 Å². The van der Waals surface area contributed by atoms with Crippen molar-refractivity contribution in [1.29, 1.82) is 0 Å². The minimum atomic E-state index is -0.526. The fourth-order valence-electron chi connectivity index (χ4n) is 2.78. The molecule has 1 atom stereocenters. The second-order valence-corrected chi connectivity index (χ2v) is 5.90. The van der Waals surface area contributed by atoms with Crippen LogP contribution >= 0.6 is 0 Å². The number of carbonyl (C=O) groups excluding carboxylic acids is 1. The highest BCUT2D eigenvalue weighted by Crippen LogP contribution is 2.27. The SMILES string of the molecule is CCNC(C)(CCCCN(CC)C1CC1)C(=O)OCC.